The normalized spacial score (nSPS) is 23.6. The molecule has 2 aromatic carbocycles. The summed E-state index contributed by atoms with van der Waals surface area (Å²) in [6.07, 6.45) is 0. The quantitative estimate of drug-likeness (QED) is 0.911. The van der Waals surface area contributed by atoms with Crippen LogP contribution in [0.25, 0.3) is 0 Å². The van der Waals surface area contributed by atoms with Crippen LogP contribution in [-0.4, -0.2) is 35.2 Å². The van der Waals surface area contributed by atoms with Gasteiger partial charge >= 0.3 is 0 Å². The van der Waals surface area contributed by atoms with E-state index in [0.29, 0.717) is 17.8 Å². The fraction of sp³-hybridized carbons (Fsp3) is 0.400. The van der Waals surface area contributed by atoms with E-state index in [-0.39, 0.29) is 6.04 Å². The molecule has 2 N–H and O–H groups in total. The summed E-state index contributed by atoms with van der Waals surface area (Å²) in [4.78, 5) is 2.55. The average molecular weight is 310 g/mol. The molecule has 23 heavy (non-hydrogen) atoms. The Labute approximate surface area is 139 Å². The third-order valence-corrected chi connectivity index (χ3v) is 4.81. The number of hydrogen-bond acceptors (Lipinski definition) is 3. The molecule has 3 heteroatoms. The third kappa shape index (κ3) is 3.41. The van der Waals surface area contributed by atoms with Crippen LogP contribution in [-0.2, 0) is 0 Å². The van der Waals surface area contributed by atoms with Crippen molar-refractivity contribution in [3.63, 3.8) is 0 Å². The zero-order valence-corrected chi connectivity index (χ0v) is 14.2. The van der Waals surface area contributed by atoms with Crippen LogP contribution in [0.3, 0.4) is 0 Å². The smallest absolute Gasteiger partial charge is 0.115 e. The van der Waals surface area contributed by atoms with E-state index in [1.807, 2.05) is 12.1 Å². The molecule has 1 saturated heterocycles. The van der Waals surface area contributed by atoms with Crippen LogP contribution in [0.4, 0.5) is 0 Å². The molecule has 1 unspecified atom stereocenters. The zero-order chi connectivity index (χ0) is 16.4. The third-order valence-electron chi connectivity index (χ3n) is 4.81. The van der Waals surface area contributed by atoms with Crippen LogP contribution in [0.15, 0.2) is 48.5 Å². The highest BCUT2D eigenvalue weighted by molar-refractivity contribution is 5.40. The molecule has 1 aliphatic rings. The van der Waals surface area contributed by atoms with Crippen LogP contribution < -0.4 is 5.32 Å². The first kappa shape index (κ1) is 16.0. The van der Waals surface area contributed by atoms with Crippen LogP contribution in [0, 0.1) is 6.92 Å². The van der Waals surface area contributed by atoms with Gasteiger partial charge in [0, 0.05) is 25.2 Å². The van der Waals surface area contributed by atoms with Crippen LogP contribution >= 0.6 is 0 Å². The highest BCUT2D eigenvalue weighted by atomic mass is 16.3. The fourth-order valence-corrected chi connectivity index (χ4v) is 3.55. The molecule has 0 bridgehead atoms. The minimum absolute atomic E-state index is 0.169. The molecule has 122 valence electrons. The molecule has 0 aromatic heterocycles. The predicted octanol–water partition coefficient (Wildman–Crippen LogP) is 3.47. The van der Waals surface area contributed by atoms with E-state index in [4.69, 9.17) is 0 Å². The maximum atomic E-state index is 9.96. The van der Waals surface area contributed by atoms with E-state index in [9.17, 15) is 5.11 Å². The number of nitrogens with zero attached hydrogens (tertiary/aromatic N) is 1. The molecule has 0 amide bonds. The van der Waals surface area contributed by atoms with Crippen molar-refractivity contribution in [2.75, 3.05) is 13.1 Å². The Kier molecular flexibility index (Phi) is 4.69. The number of phenolic OH excluding ortho intramolecular Hbond substituents is 1. The monoisotopic (exact) mass is 310 g/mol. The van der Waals surface area contributed by atoms with Crippen molar-refractivity contribution in [3.8, 4) is 5.75 Å². The van der Waals surface area contributed by atoms with Crippen LogP contribution in [0.2, 0.25) is 0 Å². The molecule has 1 aliphatic heterocycles. The zero-order valence-electron chi connectivity index (χ0n) is 14.2. The van der Waals surface area contributed by atoms with E-state index in [0.717, 1.165) is 18.7 Å². The average Bonchev–Trinajstić information content (AvgIpc) is 2.53. The van der Waals surface area contributed by atoms with Crippen LogP contribution in [0.1, 0.15) is 36.6 Å². The molecule has 0 aliphatic carbocycles. The summed E-state index contributed by atoms with van der Waals surface area (Å²) in [5.74, 6) is 0.330. The Balaban J connectivity index is 2.08. The number of benzene rings is 2. The second-order valence-electron chi connectivity index (χ2n) is 6.71. The Morgan fingerprint density at radius 1 is 1.13 bits per heavy atom. The van der Waals surface area contributed by atoms with E-state index < -0.39 is 0 Å². The standard InChI is InChI=1S/C20H26N2O/c1-14-7-4-5-10-19(14)20(17-8-6-9-18(23)11-17)22-13-15(2)21-12-16(22)3/h4-11,15-16,20-21,23H,12-13H2,1-3H3/t15?,16-,20-/m0/s1. The lowest BCUT2D eigenvalue weighted by atomic mass is 9.91. The number of aromatic hydroxyl groups is 1. The fourth-order valence-electron chi connectivity index (χ4n) is 3.55. The molecule has 1 heterocycles. The van der Waals surface area contributed by atoms with Gasteiger partial charge in [0.1, 0.15) is 5.75 Å². The topological polar surface area (TPSA) is 35.5 Å². The van der Waals surface area contributed by atoms with Gasteiger partial charge < -0.3 is 10.4 Å². The Hall–Kier alpha value is -1.84. The van der Waals surface area contributed by atoms with Crippen molar-refractivity contribution in [2.24, 2.45) is 0 Å². The van der Waals surface area contributed by atoms with Gasteiger partial charge in [0.15, 0.2) is 0 Å². The number of nitrogens with one attached hydrogen (secondary N) is 1. The second kappa shape index (κ2) is 6.73. The molecule has 1 fully saturated rings. The summed E-state index contributed by atoms with van der Waals surface area (Å²) >= 11 is 0. The van der Waals surface area contributed by atoms with Gasteiger partial charge in [-0.15, -0.1) is 0 Å². The maximum Gasteiger partial charge on any atom is 0.115 e. The van der Waals surface area contributed by atoms with Gasteiger partial charge in [0.25, 0.3) is 0 Å². The van der Waals surface area contributed by atoms with Crippen molar-refractivity contribution in [3.05, 3.63) is 65.2 Å². The number of phenols is 1. The van der Waals surface area contributed by atoms with Crippen LogP contribution in [0.5, 0.6) is 5.75 Å². The highest BCUT2D eigenvalue weighted by Crippen LogP contribution is 2.34. The van der Waals surface area contributed by atoms with Crippen molar-refractivity contribution in [2.45, 2.75) is 38.9 Å². The lowest BCUT2D eigenvalue weighted by molar-refractivity contribution is 0.113. The van der Waals surface area contributed by atoms with E-state index in [2.05, 4.69) is 61.3 Å². The van der Waals surface area contributed by atoms with E-state index >= 15 is 0 Å². The number of piperazine rings is 1. The first-order valence-corrected chi connectivity index (χ1v) is 8.40. The van der Waals surface area contributed by atoms with Gasteiger partial charge in [-0.3, -0.25) is 4.90 Å². The van der Waals surface area contributed by atoms with Crippen molar-refractivity contribution in [1.29, 1.82) is 0 Å². The summed E-state index contributed by atoms with van der Waals surface area (Å²) in [5, 5.41) is 13.5. The van der Waals surface area contributed by atoms with Crippen molar-refractivity contribution < 1.29 is 5.11 Å². The molecule has 0 radical (unpaired) electrons. The van der Waals surface area contributed by atoms with Crippen molar-refractivity contribution >= 4 is 0 Å². The first-order chi connectivity index (χ1) is 11.1. The molecule has 0 spiro atoms. The van der Waals surface area contributed by atoms with Gasteiger partial charge in [-0.05, 0) is 49.6 Å². The maximum absolute atomic E-state index is 9.96. The number of aryl methyl sites for hydroxylation is 1. The van der Waals surface area contributed by atoms with E-state index in [1.54, 1.807) is 6.07 Å². The summed E-state index contributed by atoms with van der Waals surface area (Å²) in [7, 11) is 0. The SMILES string of the molecule is Cc1ccccc1[C@H](c1cccc(O)c1)N1CC(C)NC[C@@H]1C. The summed E-state index contributed by atoms with van der Waals surface area (Å²) in [5.41, 5.74) is 3.76. The van der Waals surface area contributed by atoms with Gasteiger partial charge in [0.05, 0.1) is 6.04 Å². The molecule has 3 nitrogen and oxygen atoms in total. The van der Waals surface area contributed by atoms with Gasteiger partial charge in [-0.25, -0.2) is 0 Å². The van der Waals surface area contributed by atoms with Crippen molar-refractivity contribution in [1.82, 2.24) is 10.2 Å². The van der Waals surface area contributed by atoms with E-state index in [1.165, 1.54) is 11.1 Å². The molecule has 3 rings (SSSR count). The lowest BCUT2D eigenvalue weighted by Gasteiger charge is -2.43. The largest absolute Gasteiger partial charge is 0.508 e. The predicted molar refractivity (Wildman–Crippen MR) is 94.8 cm³/mol. The Morgan fingerprint density at radius 2 is 1.91 bits per heavy atom. The second-order valence-corrected chi connectivity index (χ2v) is 6.71. The lowest BCUT2D eigenvalue weighted by Crippen LogP contribution is -2.55. The first-order valence-electron chi connectivity index (χ1n) is 8.40. The van der Waals surface area contributed by atoms with Gasteiger partial charge in [-0.2, -0.15) is 0 Å². The molecular weight excluding hydrogens is 284 g/mol. The minimum Gasteiger partial charge on any atom is -0.508 e. The van der Waals surface area contributed by atoms with Gasteiger partial charge in [0.2, 0.25) is 0 Å². The summed E-state index contributed by atoms with van der Waals surface area (Å²) in [6, 6.07) is 17.3. The highest BCUT2D eigenvalue weighted by Gasteiger charge is 2.31. The molecule has 0 saturated carbocycles. The molecule has 3 atom stereocenters. The number of hydrogen-bond donors (Lipinski definition) is 2. The molecule has 2 aromatic rings. The van der Waals surface area contributed by atoms with Gasteiger partial charge in [-0.1, -0.05) is 36.4 Å². The number of rotatable bonds is 3. The molecular formula is C20H26N2O. The summed E-state index contributed by atoms with van der Waals surface area (Å²) in [6.45, 7) is 8.66. The Morgan fingerprint density at radius 3 is 2.65 bits per heavy atom. The minimum atomic E-state index is 0.169. The Bertz CT molecular complexity index is 670. The summed E-state index contributed by atoms with van der Waals surface area (Å²) < 4.78 is 0.